The van der Waals surface area contributed by atoms with Crippen molar-refractivity contribution in [1.29, 1.82) is 0 Å². The summed E-state index contributed by atoms with van der Waals surface area (Å²) < 4.78 is 11.2. The Kier molecular flexibility index (Phi) is 5.34. The summed E-state index contributed by atoms with van der Waals surface area (Å²) >= 11 is 0. The van der Waals surface area contributed by atoms with Crippen molar-refractivity contribution < 1.29 is 9.47 Å². The fourth-order valence-corrected chi connectivity index (χ4v) is 1.79. The van der Waals surface area contributed by atoms with E-state index in [2.05, 4.69) is 15.4 Å². The number of anilines is 1. The molecule has 21 heavy (non-hydrogen) atoms. The molecule has 2 aromatic rings. The molecule has 0 saturated carbocycles. The normalized spacial score (nSPS) is 10.2. The monoisotopic (exact) mass is 288 g/mol. The van der Waals surface area contributed by atoms with E-state index in [1.54, 1.807) is 0 Å². The van der Waals surface area contributed by atoms with Gasteiger partial charge in [0.1, 0.15) is 30.6 Å². The number of aromatic nitrogens is 2. The van der Waals surface area contributed by atoms with E-state index in [1.807, 2.05) is 44.2 Å². The number of nitrogens with one attached hydrogen (secondary N) is 1. The van der Waals surface area contributed by atoms with Gasteiger partial charge in [0, 0.05) is 6.42 Å². The first kappa shape index (κ1) is 15.1. The molecule has 0 unspecified atom stereocenters. The van der Waals surface area contributed by atoms with Gasteiger partial charge in [-0.2, -0.15) is 4.98 Å². The van der Waals surface area contributed by atoms with Crippen molar-refractivity contribution in [2.45, 2.75) is 20.3 Å². The van der Waals surface area contributed by atoms with Crippen molar-refractivity contribution in [3.05, 3.63) is 41.7 Å². The maximum absolute atomic E-state index is 5.67. The van der Waals surface area contributed by atoms with Gasteiger partial charge in [-0.15, -0.1) is 0 Å². The Morgan fingerprint density at radius 2 is 1.81 bits per heavy atom. The molecule has 1 heterocycles. The summed E-state index contributed by atoms with van der Waals surface area (Å²) in [5.74, 6) is 8.08. The van der Waals surface area contributed by atoms with Gasteiger partial charge < -0.3 is 14.9 Å². The number of nitrogen functional groups attached to an aromatic ring is 1. The van der Waals surface area contributed by atoms with E-state index in [9.17, 15) is 0 Å². The molecule has 0 atom stereocenters. The average molecular weight is 288 g/mol. The van der Waals surface area contributed by atoms with Crippen molar-refractivity contribution in [1.82, 2.24) is 9.97 Å². The summed E-state index contributed by atoms with van der Waals surface area (Å²) in [4.78, 5) is 8.65. The minimum absolute atomic E-state index is 0.403. The Morgan fingerprint density at radius 3 is 2.48 bits per heavy atom. The lowest BCUT2D eigenvalue weighted by Gasteiger charge is -2.13. The van der Waals surface area contributed by atoms with E-state index < -0.39 is 0 Å². The third-order valence-electron chi connectivity index (χ3n) is 2.93. The lowest BCUT2D eigenvalue weighted by Crippen LogP contribution is -2.15. The first-order valence-electron chi connectivity index (χ1n) is 6.89. The molecule has 0 aliphatic carbocycles. The molecule has 112 valence electrons. The quantitative estimate of drug-likeness (QED) is 0.461. The minimum Gasteiger partial charge on any atom is -0.490 e. The number of hydrogen-bond acceptors (Lipinski definition) is 6. The fourth-order valence-electron chi connectivity index (χ4n) is 1.79. The van der Waals surface area contributed by atoms with Crippen LogP contribution in [0.5, 0.6) is 11.6 Å². The van der Waals surface area contributed by atoms with Gasteiger partial charge in [-0.3, -0.25) is 0 Å². The van der Waals surface area contributed by atoms with Gasteiger partial charge in [-0.05, 0) is 19.1 Å². The van der Waals surface area contributed by atoms with Crippen molar-refractivity contribution in [2.24, 2.45) is 5.84 Å². The molecule has 3 N–H and O–H groups in total. The second-order valence-corrected chi connectivity index (χ2v) is 4.43. The van der Waals surface area contributed by atoms with Crippen LogP contribution in [0.3, 0.4) is 0 Å². The molecule has 1 aromatic carbocycles. The highest BCUT2D eigenvalue weighted by Crippen LogP contribution is 2.21. The number of nitrogens with zero attached hydrogens (tertiary/aromatic N) is 2. The van der Waals surface area contributed by atoms with E-state index in [4.69, 9.17) is 15.3 Å². The van der Waals surface area contributed by atoms with Crippen molar-refractivity contribution in [2.75, 3.05) is 18.6 Å². The van der Waals surface area contributed by atoms with Crippen LogP contribution in [0.25, 0.3) is 0 Å². The number of hydrogen-bond donors (Lipinski definition) is 2. The molecule has 0 amide bonds. The first-order chi connectivity index (χ1) is 10.2. The zero-order valence-corrected chi connectivity index (χ0v) is 12.3. The maximum Gasteiger partial charge on any atom is 0.221 e. The van der Waals surface area contributed by atoms with Crippen molar-refractivity contribution in [3.8, 4) is 11.6 Å². The van der Waals surface area contributed by atoms with E-state index >= 15 is 0 Å². The smallest absolute Gasteiger partial charge is 0.221 e. The third kappa shape index (κ3) is 4.06. The van der Waals surface area contributed by atoms with Gasteiger partial charge in [0.2, 0.25) is 5.88 Å². The van der Waals surface area contributed by atoms with Gasteiger partial charge in [0.25, 0.3) is 0 Å². The van der Waals surface area contributed by atoms with Gasteiger partial charge in [0.15, 0.2) is 0 Å². The summed E-state index contributed by atoms with van der Waals surface area (Å²) in [5, 5.41) is 0. The largest absolute Gasteiger partial charge is 0.490 e. The Bertz CT molecular complexity index is 575. The van der Waals surface area contributed by atoms with Crippen LogP contribution in [0.2, 0.25) is 0 Å². The number of rotatable bonds is 7. The Morgan fingerprint density at radius 1 is 1.10 bits per heavy atom. The van der Waals surface area contributed by atoms with Crippen LogP contribution in [0.4, 0.5) is 5.82 Å². The molecule has 6 nitrogen and oxygen atoms in total. The third-order valence-corrected chi connectivity index (χ3v) is 2.93. The number of aryl methyl sites for hydroxylation is 1. The Balaban J connectivity index is 1.93. The zero-order valence-electron chi connectivity index (χ0n) is 12.3. The van der Waals surface area contributed by atoms with Crippen LogP contribution >= 0.6 is 0 Å². The molecule has 0 radical (unpaired) electrons. The van der Waals surface area contributed by atoms with Crippen molar-refractivity contribution in [3.63, 3.8) is 0 Å². The fraction of sp³-hybridized carbons (Fsp3) is 0.333. The summed E-state index contributed by atoms with van der Waals surface area (Å²) in [6, 6.07) is 9.61. The van der Waals surface area contributed by atoms with Crippen LogP contribution < -0.4 is 20.7 Å². The zero-order chi connectivity index (χ0) is 15.1. The molecule has 2 rings (SSSR count). The lowest BCUT2D eigenvalue weighted by atomic mass is 10.3. The van der Waals surface area contributed by atoms with Gasteiger partial charge in [0.05, 0.1) is 5.56 Å². The number of para-hydroxylation sites is 1. The minimum atomic E-state index is 0.403. The number of nitrogens with two attached hydrogens (primary N) is 1. The summed E-state index contributed by atoms with van der Waals surface area (Å²) in [7, 11) is 0. The molecule has 0 bridgehead atoms. The standard InChI is InChI=1S/C15H20N4O2/c1-3-13-17-14(19-16)11(2)15(18-13)21-10-9-20-12-7-5-4-6-8-12/h4-8H,3,9-10,16H2,1-2H3,(H,17,18,19). The van der Waals surface area contributed by atoms with E-state index in [0.29, 0.717) is 37.2 Å². The summed E-state index contributed by atoms with van der Waals surface area (Å²) in [6.07, 6.45) is 0.714. The average Bonchev–Trinajstić information content (AvgIpc) is 2.54. The first-order valence-corrected chi connectivity index (χ1v) is 6.89. The summed E-state index contributed by atoms with van der Waals surface area (Å²) in [6.45, 7) is 4.69. The highest BCUT2D eigenvalue weighted by molar-refractivity contribution is 5.47. The predicted molar refractivity (Wildman–Crippen MR) is 81.4 cm³/mol. The highest BCUT2D eigenvalue weighted by atomic mass is 16.5. The molecule has 0 spiro atoms. The predicted octanol–water partition coefficient (Wildman–Crippen LogP) is 2.09. The molecular formula is C15H20N4O2. The van der Waals surface area contributed by atoms with Crippen LogP contribution in [0.15, 0.2) is 30.3 Å². The molecule has 0 saturated heterocycles. The van der Waals surface area contributed by atoms with Crippen LogP contribution in [-0.4, -0.2) is 23.2 Å². The molecule has 0 aliphatic rings. The SMILES string of the molecule is CCc1nc(NN)c(C)c(OCCOc2ccccc2)n1. The second kappa shape index (κ2) is 7.44. The maximum atomic E-state index is 5.67. The molecular weight excluding hydrogens is 268 g/mol. The molecule has 0 aliphatic heterocycles. The number of ether oxygens (including phenoxy) is 2. The Hall–Kier alpha value is -2.34. The number of hydrazine groups is 1. The second-order valence-electron chi connectivity index (χ2n) is 4.43. The molecule has 0 fully saturated rings. The van der Waals surface area contributed by atoms with Crippen molar-refractivity contribution >= 4 is 5.82 Å². The number of benzene rings is 1. The van der Waals surface area contributed by atoms with E-state index in [0.717, 1.165) is 11.3 Å². The lowest BCUT2D eigenvalue weighted by molar-refractivity contribution is 0.210. The van der Waals surface area contributed by atoms with E-state index in [1.165, 1.54) is 0 Å². The Labute approximate surface area is 124 Å². The van der Waals surface area contributed by atoms with E-state index in [-0.39, 0.29) is 0 Å². The van der Waals surface area contributed by atoms with Crippen LogP contribution in [0, 0.1) is 6.92 Å². The van der Waals surface area contributed by atoms with Crippen LogP contribution in [0.1, 0.15) is 18.3 Å². The molecule has 6 heteroatoms. The van der Waals surface area contributed by atoms with Crippen LogP contribution in [-0.2, 0) is 6.42 Å². The van der Waals surface area contributed by atoms with Gasteiger partial charge in [-0.1, -0.05) is 25.1 Å². The summed E-state index contributed by atoms with van der Waals surface area (Å²) in [5.41, 5.74) is 3.35. The highest BCUT2D eigenvalue weighted by Gasteiger charge is 2.10. The topological polar surface area (TPSA) is 82.3 Å². The molecule has 1 aromatic heterocycles. The van der Waals surface area contributed by atoms with Gasteiger partial charge >= 0.3 is 0 Å². The van der Waals surface area contributed by atoms with Gasteiger partial charge in [-0.25, -0.2) is 10.8 Å².